The number of nitrogens with zero attached hydrogens (tertiary/aromatic N) is 2. The van der Waals surface area contributed by atoms with Crippen molar-refractivity contribution >= 4 is 6.29 Å². The summed E-state index contributed by atoms with van der Waals surface area (Å²) in [6.07, 6.45) is 3.50. The molecule has 1 aromatic rings. The average molecular weight is 166 g/mol. The lowest BCUT2D eigenvalue weighted by Gasteiger charge is -2.10. The van der Waals surface area contributed by atoms with E-state index in [4.69, 9.17) is 0 Å². The molecule has 3 nitrogen and oxygen atoms in total. The van der Waals surface area contributed by atoms with Gasteiger partial charge >= 0.3 is 0 Å². The minimum absolute atomic E-state index is 0.374. The Kier molecular flexibility index (Phi) is 2.63. The summed E-state index contributed by atoms with van der Waals surface area (Å²) in [6.45, 7) is 6.11. The predicted octanol–water partition coefficient (Wildman–Crippen LogP) is 1.98. The summed E-state index contributed by atoms with van der Waals surface area (Å²) in [6, 6.07) is 0.374. The largest absolute Gasteiger partial charge is 0.298 e. The first kappa shape index (κ1) is 8.97. The molecule has 1 atom stereocenters. The number of hydrogen-bond donors (Lipinski definition) is 0. The number of rotatable bonds is 3. The zero-order valence-corrected chi connectivity index (χ0v) is 7.74. The summed E-state index contributed by atoms with van der Waals surface area (Å²) < 4.78 is 1.89. The molecule has 0 spiro atoms. The van der Waals surface area contributed by atoms with E-state index in [9.17, 15) is 4.79 Å². The van der Waals surface area contributed by atoms with E-state index in [1.165, 1.54) is 0 Å². The molecule has 0 aliphatic rings. The van der Waals surface area contributed by atoms with Crippen molar-refractivity contribution in [2.45, 2.75) is 33.2 Å². The van der Waals surface area contributed by atoms with Gasteiger partial charge in [0.25, 0.3) is 0 Å². The van der Waals surface area contributed by atoms with Crippen molar-refractivity contribution in [1.82, 2.24) is 9.78 Å². The molecule has 0 fully saturated rings. The molecule has 0 aromatic carbocycles. The van der Waals surface area contributed by atoms with Crippen molar-refractivity contribution in [3.8, 4) is 0 Å². The van der Waals surface area contributed by atoms with E-state index >= 15 is 0 Å². The van der Waals surface area contributed by atoms with Crippen molar-refractivity contribution in [3.63, 3.8) is 0 Å². The van der Waals surface area contributed by atoms with Gasteiger partial charge < -0.3 is 0 Å². The van der Waals surface area contributed by atoms with Crippen LogP contribution in [0.5, 0.6) is 0 Å². The highest BCUT2D eigenvalue weighted by atomic mass is 16.1. The number of aromatic nitrogens is 2. The summed E-state index contributed by atoms with van der Waals surface area (Å²) in [5, 5.41) is 4.14. The standard InChI is InChI=1S/C9H14N2O/c1-4-7(2)11-8(3)9(6-12)5-10-11/h5-7H,4H2,1-3H3. The fourth-order valence-corrected chi connectivity index (χ4v) is 1.17. The van der Waals surface area contributed by atoms with Crippen LogP contribution in [0, 0.1) is 6.92 Å². The highest BCUT2D eigenvalue weighted by molar-refractivity contribution is 5.75. The van der Waals surface area contributed by atoms with Crippen LogP contribution >= 0.6 is 0 Å². The Morgan fingerprint density at radius 3 is 2.83 bits per heavy atom. The smallest absolute Gasteiger partial charge is 0.153 e. The molecule has 66 valence electrons. The van der Waals surface area contributed by atoms with Crippen molar-refractivity contribution in [3.05, 3.63) is 17.5 Å². The predicted molar refractivity (Wildman–Crippen MR) is 47.4 cm³/mol. The molecule has 1 heterocycles. The van der Waals surface area contributed by atoms with Crippen molar-refractivity contribution in [2.24, 2.45) is 0 Å². The monoisotopic (exact) mass is 166 g/mol. The SMILES string of the molecule is CCC(C)n1ncc(C=O)c1C. The van der Waals surface area contributed by atoms with Crippen molar-refractivity contribution < 1.29 is 4.79 Å². The van der Waals surface area contributed by atoms with Gasteiger partial charge in [-0.2, -0.15) is 5.10 Å². The normalized spacial score (nSPS) is 12.9. The molecule has 12 heavy (non-hydrogen) atoms. The molecule has 0 saturated heterocycles. The highest BCUT2D eigenvalue weighted by Gasteiger charge is 2.09. The maximum atomic E-state index is 10.5. The first-order valence-corrected chi connectivity index (χ1v) is 4.20. The Hall–Kier alpha value is -1.12. The molecular weight excluding hydrogens is 152 g/mol. The molecule has 1 rings (SSSR count). The van der Waals surface area contributed by atoms with Gasteiger partial charge in [-0.15, -0.1) is 0 Å². The molecule has 3 heteroatoms. The lowest BCUT2D eigenvalue weighted by Crippen LogP contribution is -2.07. The lowest BCUT2D eigenvalue weighted by atomic mass is 10.2. The van der Waals surface area contributed by atoms with Crippen LogP contribution < -0.4 is 0 Å². The third kappa shape index (κ3) is 1.40. The van der Waals surface area contributed by atoms with E-state index in [-0.39, 0.29) is 0 Å². The molecular formula is C9H14N2O. The van der Waals surface area contributed by atoms with Crippen LogP contribution in [0.3, 0.4) is 0 Å². The first-order chi connectivity index (χ1) is 5.70. The zero-order chi connectivity index (χ0) is 9.14. The van der Waals surface area contributed by atoms with E-state index in [0.717, 1.165) is 18.4 Å². The van der Waals surface area contributed by atoms with E-state index in [1.54, 1.807) is 6.20 Å². The third-order valence-electron chi connectivity index (χ3n) is 2.22. The van der Waals surface area contributed by atoms with Gasteiger partial charge in [0.15, 0.2) is 6.29 Å². The van der Waals surface area contributed by atoms with Gasteiger partial charge in [0.2, 0.25) is 0 Å². The summed E-state index contributed by atoms with van der Waals surface area (Å²) in [4.78, 5) is 10.5. The van der Waals surface area contributed by atoms with Crippen LogP contribution in [0.25, 0.3) is 0 Å². The van der Waals surface area contributed by atoms with Crippen molar-refractivity contribution in [1.29, 1.82) is 0 Å². The second kappa shape index (κ2) is 3.52. The van der Waals surface area contributed by atoms with Crippen LogP contribution in [-0.2, 0) is 0 Å². The molecule has 0 amide bonds. The molecule has 0 aliphatic heterocycles. The Morgan fingerprint density at radius 2 is 2.42 bits per heavy atom. The summed E-state index contributed by atoms with van der Waals surface area (Å²) in [7, 11) is 0. The van der Waals surface area contributed by atoms with E-state index in [2.05, 4.69) is 18.9 Å². The Labute approximate surface area is 72.4 Å². The summed E-state index contributed by atoms with van der Waals surface area (Å²) in [5.41, 5.74) is 1.65. The number of aldehydes is 1. The van der Waals surface area contributed by atoms with Gasteiger partial charge in [-0.3, -0.25) is 9.48 Å². The van der Waals surface area contributed by atoms with Crippen LogP contribution in [0.4, 0.5) is 0 Å². The average Bonchev–Trinajstić information content (AvgIpc) is 2.45. The van der Waals surface area contributed by atoms with E-state index < -0.39 is 0 Å². The van der Waals surface area contributed by atoms with Gasteiger partial charge in [0.1, 0.15) is 0 Å². The molecule has 0 radical (unpaired) electrons. The maximum Gasteiger partial charge on any atom is 0.153 e. The Morgan fingerprint density at radius 1 is 1.75 bits per heavy atom. The Balaban J connectivity index is 3.01. The minimum Gasteiger partial charge on any atom is -0.298 e. The fraction of sp³-hybridized carbons (Fsp3) is 0.556. The van der Waals surface area contributed by atoms with Gasteiger partial charge in [-0.25, -0.2) is 0 Å². The van der Waals surface area contributed by atoms with Gasteiger partial charge in [-0.05, 0) is 20.3 Å². The van der Waals surface area contributed by atoms with Gasteiger partial charge in [0.05, 0.1) is 11.8 Å². The summed E-state index contributed by atoms with van der Waals surface area (Å²) in [5.74, 6) is 0. The molecule has 0 aliphatic carbocycles. The maximum absolute atomic E-state index is 10.5. The van der Waals surface area contributed by atoms with Crippen LogP contribution in [-0.4, -0.2) is 16.1 Å². The minimum atomic E-state index is 0.374. The molecule has 0 bridgehead atoms. The second-order valence-corrected chi connectivity index (χ2v) is 3.01. The molecule has 0 N–H and O–H groups in total. The highest BCUT2D eigenvalue weighted by Crippen LogP contribution is 2.13. The van der Waals surface area contributed by atoms with E-state index in [1.807, 2.05) is 11.6 Å². The number of carbonyl (C=O) groups is 1. The van der Waals surface area contributed by atoms with Crippen molar-refractivity contribution in [2.75, 3.05) is 0 Å². The van der Waals surface area contributed by atoms with Gasteiger partial charge in [0, 0.05) is 11.7 Å². The zero-order valence-electron chi connectivity index (χ0n) is 7.74. The van der Waals surface area contributed by atoms with Crippen LogP contribution in [0.2, 0.25) is 0 Å². The fourth-order valence-electron chi connectivity index (χ4n) is 1.17. The summed E-state index contributed by atoms with van der Waals surface area (Å²) >= 11 is 0. The third-order valence-corrected chi connectivity index (χ3v) is 2.22. The Bertz CT molecular complexity index is 278. The second-order valence-electron chi connectivity index (χ2n) is 3.01. The topological polar surface area (TPSA) is 34.9 Å². The van der Waals surface area contributed by atoms with E-state index in [0.29, 0.717) is 11.6 Å². The molecule has 0 saturated carbocycles. The lowest BCUT2D eigenvalue weighted by molar-refractivity contribution is 0.112. The van der Waals surface area contributed by atoms with Crippen LogP contribution in [0.1, 0.15) is 42.4 Å². The van der Waals surface area contributed by atoms with Gasteiger partial charge in [-0.1, -0.05) is 6.92 Å². The number of hydrogen-bond acceptors (Lipinski definition) is 2. The molecule has 1 aromatic heterocycles. The van der Waals surface area contributed by atoms with Crippen LogP contribution in [0.15, 0.2) is 6.20 Å². The number of carbonyl (C=O) groups excluding carboxylic acids is 1. The first-order valence-electron chi connectivity index (χ1n) is 4.20. The molecule has 1 unspecified atom stereocenters. The quantitative estimate of drug-likeness (QED) is 0.643.